The molecule has 6 nitrogen and oxygen atoms in total. The van der Waals surface area contributed by atoms with Gasteiger partial charge in [0.25, 0.3) is 0 Å². The SMILES string of the molecule is [2H]C([2H])([2H])Oc1cc2c(cc1OC)C1N(C([2H])([2H])C2([2H])[2H])C([2H])([2H])C([2H])(C([2H])([2H])C([2H])(C)C([2H])([2H])[2H])C([2H])(OC(=O)[C@@]([2H])(N)C([2H])(C([2H])([2H])[2H])C([2H])([2H])[2H])C1([2H])[2H]. The molecule has 2 N–H and O–H groups in total. The average Bonchev–Trinajstić information content (AvgIpc) is 2.98. The number of aryl methyl sites for hydroxylation is 1. The van der Waals surface area contributed by atoms with Crippen molar-refractivity contribution in [1.29, 1.82) is 0 Å². The van der Waals surface area contributed by atoms with Crippen molar-refractivity contribution in [2.45, 2.75) is 64.7 Å². The third-order valence-corrected chi connectivity index (χ3v) is 4.03. The van der Waals surface area contributed by atoms with Crippen molar-refractivity contribution >= 4 is 5.97 Å². The molecule has 1 saturated heterocycles. The molecule has 1 aromatic rings. The van der Waals surface area contributed by atoms with Crippen molar-refractivity contribution in [3.05, 3.63) is 23.3 Å². The van der Waals surface area contributed by atoms with E-state index in [2.05, 4.69) is 0 Å². The summed E-state index contributed by atoms with van der Waals surface area (Å²) in [7, 11) is -2.40. The van der Waals surface area contributed by atoms with E-state index in [1.54, 1.807) is 0 Å². The summed E-state index contributed by atoms with van der Waals surface area (Å²) in [5.41, 5.74) is 3.56. The number of carbonyl (C=O) groups is 1. The monoisotopic (exact) mass is 445 g/mol. The van der Waals surface area contributed by atoms with Crippen molar-refractivity contribution < 1.29 is 56.0 Å². The van der Waals surface area contributed by atoms with Gasteiger partial charge in [-0.1, -0.05) is 27.5 Å². The van der Waals surface area contributed by atoms with Crippen molar-refractivity contribution in [2.24, 2.45) is 23.4 Å². The number of nitrogens with two attached hydrogens (primary N) is 1. The van der Waals surface area contributed by atoms with E-state index in [9.17, 15) is 13.0 Å². The van der Waals surface area contributed by atoms with Crippen LogP contribution in [0.25, 0.3) is 0 Å². The zero-order valence-corrected chi connectivity index (χ0v) is 15.9. The number of benzene rings is 1. The number of esters is 1. The van der Waals surface area contributed by atoms with Crippen LogP contribution in [0.1, 0.15) is 94.4 Å². The lowest BCUT2D eigenvalue weighted by atomic mass is 9.79. The molecule has 0 radical (unpaired) electrons. The van der Waals surface area contributed by atoms with Gasteiger partial charge in [-0.25, -0.2) is 0 Å². The summed E-state index contributed by atoms with van der Waals surface area (Å²) in [6.45, 7) is -20.9. The molecular formula is C24H38N2O4. The first-order valence-corrected chi connectivity index (χ1v) is 8.36. The van der Waals surface area contributed by atoms with Crippen LogP contribution in [0.2, 0.25) is 0 Å². The Balaban J connectivity index is 2.69. The molecule has 0 amide bonds. The summed E-state index contributed by atoms with van der Waals surface area (Å²) >= 11 is 0. The van der Waals surface area contributed by atoms with E-state index in [0.29, 0.717) is 12.1 Å². The summed E-state index contributed by atoms with van der Waals surface area (Å²) < 4.78 is 242. The largest absolute Gasteiger partial charge is 0.493 e. The Morgan fingerprint density at radius 2 is 2.23 bits per heavy atom. The number of nitrogens with zero attached hydrogens (tertiary/aromatic N) is 1. The van der Waals surface area contributed by atoms with Crippen LogP contribution >= 0.6 is 0 Å². The molecule has 2 heterocycles. The van der Waals surface area contributed by atoms with Crippen molar-refractivity contribution in [3.63, 3.8) is 0 Å². The first-order valence-electron chi connectivity index (χ1n) is 21.9. The van der Waals surface area contributed by atoms with E-state index in [-0.39, 0.29) is 6.92 Å². The standard InChI is InChI=1S/C24H38N2O4/c1-14(2)9-17-13-26-8-7-16-10-21(28-5)22(29-6)11-18(16)19(26)12-20(17)30-24(27)23(25)15(3)4/h10-11,14-15,17,19-20,23H,7-9,12-13,25H2,1-6H3/t17?,19?,20?,23-/m0/s1/i1D3,3D3,4D3,5D3,7D2,8D2,9D2,12D2,13D2,14D,15D,17D,20D,23D/t14?,17?,19?,20?,23-. The molecule has 0 aromatic heterocycles. The smallest absolute Gasteiger partial charge is 0.323 e. The highest BCUT2D eigenvalue weighted by Gasteiger charge is 2.41. The van der Waals surface area contributed by atoms with Gasteiger partial charge >= 0.3 is 5.97 Å². The molecule has 0 aliphatic carbocycles. The van der Waals surface area contributed by atoms with Gasteiger partial charge in [0, 0.05) is 61.5 Å². The van der Waals surface area contributed by atoms with Gasteiger partial charge in [-0.05, 0) is 47.8 Å². The summed E-state index contributed by atoms with van der Waals surface area (Å²) in [5, 5.41) is 0. The Morgan fingerprint density at radius 1 is 1.43 bits per heavy atom. The highest BCUT2D eigenvalue weighted by molar-refractivity contribution is 5.76. The maximum atomic E-state index is 14.0. The van der Waals surface area contributed by atoms with Gasteiger partial charge in [0.05, 0.1) is 21.0 Å². The van der Waals surface area contributed by atoms with Crippen LogP contribution in [-0.2, 0) is 15.9 Å². The molecule has 30 heavy (non-hydrogen) atoms. The van der Waals surface area contributed by atoms with Crippen molar-refractivity contribution in [1.82, 2.24) is 4.90 Å². The number of ether oxygens (including phenoxy) is 3. The Bertz CT molecular complexity index is 1750. The molecule has 0 spiro atoms. The molecular weight excluding hydrogens is 380 g/mol. The van der Waals surface area contributed by atoms with Crippen molar-refractivity contribution in [2.75, 3.05) is 27.1 Å². The second-order valence-electron chi connectivity index (χ2n) is 6.09. The molecule has 168 valence electrons. The highest BCUT2D eigenvalue weighted by Crippen LogP contribution is 2.44. The van der Waals surface area contributed by atoms with Crippen LogP contribution in [-0.4, -0.2) is 50.1 Å². The predicted octanol–water partition coefficient (Wildman–Crippen LogP) is 3.56. The Kier molecular flexibility index (Phi) is 2.03. The number of hydrogen-bond donors (Lipinski definition) is 1. The minimum Gasteiger partial charge on any atom is -0.493 e. The molecule has 1 fully saturated rings. The minimum absolute atomic E-state index is 0.225. The maximum Gasteiger partial charge on any atom is 0.323 e. The molecule has 2 aliphatic heterocycles. The fraction of sp³-hybridized carbons (Fsp3) is 0.708. The van der Waals surface area contributed by atoms with Crippen LogP contribution < -0.4 is 15.2 Å². The lowest BCUT2D eigenvalue weighted by Crippen LogP contribution is -2.51. The van der Waals surface area contributed by atoms with Crippen molar-refractivity contribution in [3.8, 4) is 11.5 Å². The van der Waals surface area contributed by atoms with E-state index >= 15 is 0 Å². The third kappa shape index (κ3) is 4.75. The van der Waals surface area contributed by atoms with E-state index in [1.165, 1.54) is 0 Å². The van der Waals surface area contributed by atoms with E-state index in [0.717, 1.165) is 7.11 Å². The lowest BCUT2D eigenvalue weighted by Gasteiger charge is -2.47. The van der Waals surface area contributed by atoms with Crippen LogP contribution in [0.3, 0.4) is 0 Å². The molecule has 4 unspecified atom stereocenters. The van der Waals surface area contributed by atoms with Gasteiger partial charge in [0.2, 0.25) is 0 Å². The third-order valence-electron chi connectivity index (χ3n) is 4.03. The number of rotatable bonds is 7. The van der Waals surface area contributed by atoms with Gasteiger partial charge in [-0.3, -0.25) is 9.69 Å². The molecule has 2 aliphatic rings. The molecule has 0 saturated carbocycles. The number of methoxy groups -OCH3 is 2. The average molecular weight is 446 g/mol. The molecule has 0 bridgehead atoms. The topological polar surface area (TPSA) is 74.0 Å². The maximum absolute atomic E-state index is 14.0. The molecule has 3 rings (SSSR count). The Labute approximate surface area is 219 Å². The minimum atomic E-state index is -4.93. The summed E-state index contributed by atoms with van der Waals surface area (Å²) in [6, 6.07) is -6.42. The van der Waals surface area contributed by atoms with Gasteiger partial charge < -0.3 is 19.9 Å². The second kappa shape index (κ2) is 9.56. The van der Waals surface area contributed by atoms with Crippen LogP contribution in [0, 0.1) is 17.7 Å². The fourth-order valence-electron chi connectivity index (χ4n) is 2.68. The summed E-state index contributed by atoms with van der Waals surface area (Å²) in [6.07, 6.45) is -17.6. The zero-order valence-electron chi connectivity index (χ0n) is 42.9. The zero-order chi connectivity index (χ0) is 45.6. The Hall–Kier alpha value is -1.79. The summed E-state index contributed by atoms with van der Waals surface area (Å²) in [4.78, 5) is 13.5. The highest BCUT2D eigenvalue weighted by atomic mass is 16.5. The van der Waals surface area contributed by atoms with E-state index in [4.69, 9.17) is 48.7 Å². The second-order valence-corrected chi connectivity index (χ2v) is 6.09. The number of fused-ring (bicyclic) bond motifs is 3. The molecule has 1 aromatic carbocycles. The predicted molar refractivity (Wildman–Crippen MR) is 118 cm³/mol. The Morgan fingerprint density at radius 3 is 2.93 bits per heavy atom. The number of carbonyl (C=O) groups excluding carboxylic acids is 1. The number of piperidine rings is 1. The van der Waals surface area contributed by atoms with Crippen LogP contribution in [0.5, 0.6) is 11.5 Å². The van der Waals surface area contributed by atoms with Gasteiger partial charge in [0.15, 0.2) is 11.5 Å². The van der Waals surface area contributed by atoms with E-state index < -0.39 is 129 Å². The van der Waals surface area contributed by atoms with Gasteiger partial charge in [-0.2, -0.15) is 0 Å². The molecule has 5 atom stereocenters. The first-order chi connectivity index (χ1) is 24.6. The van der Waals surface area contributed by atoms with Crippen LogP contribution in [0.4, 0.5) is 0 Å². The summed E-state index contributed by atoms with van der Waals surface area (Å²) in [5.74, 6) is -17.7. The quantitative estimate of drug-likeness (QED) is 0.647. The van der Waals surface area contributed by atoms with Crippen LogP contribution in [0.15, 0.2) is 12.1 Å². The van der Waals surface area contributed by atoms with E-state index in [1.807, 2.05) is 0 Å². The normalized spacial score (nSPS) is 55.3. The fourth-order valence-corrected chi connectivity index (χ4v) is 2.68. The molecule has 6 heteroatoms. The van der Waals surface area contributed by atoms with Gasteiger partial charge in [0.1, 0.15) is 12.1 Å². The van der Waals surface area contributed by atoms with Gasteiger partial charge in [-0.15, -0.1) is 0 Å². The first kappa shape index (κ1) is 6.38. The lowest BCUT2D eigenvalue weighted by molar-refractivity contribution is -0.160. The number of hydrogen-bond acceptors (Lipinski definition) is 6.